The van der Waals surface area contributed by atoms with Crippen molar-refractivity contribution in [3.05, 3.63) is 83.9 Å². The summed E-state index contributed by atoms with van der Waals surface area (Å²) in [6, 6.07) is 25.7. The molecule has 0 aliphatic rings. The van der Waals surface area contributed by atoms with Crippen LogP contribution in [0.25, 0.3) is 10.8 Å². The molecule has 19 heavy (non-hydrogen) atoms. The average Bonchev–Trinajstić information content (AvgIpc) is 2.40. The fourth-order valence-electron chi connectivity index (χ4n) is 2.26. The van der Waals surface area contributed by atoms with Crippen LogP contribution in [0.1, 0.15) is 18.6 Å². The lowest BCUT2D eigenvalue weighted by Gasteiger charge is -2.06. The first-order valence-electron chi connectivity index (χ1n) is 5.94. The third-order valence-corrected chi connectivity index (χ3v) is 3.12. The van der Waals surface area contributed by atoms with Crippen LogP contribution in [0.3, 0.4) is 0 Å². The first-order chi connectivity index (χ1) is 8.43. The van der Waals surface area contributed by atoms with Gasteiger partial charge in [0.25, 0.3) is 0 Å². The summed E-state index contributed by atoms with van der Waals surface area (Å²) in [6.45, 7) is 0. The van der Waals surface area contributed by atoms with Gasteiger partial charge in [0, 0.05) is 0 Å². The predicted octanol–water partition coefficient (Wildman–Crippen LogP) is 5.23. The van der Waals surface area contributed by atoms with Gasteiger partial charge in [-0.2, -0.15) is 0 Å². The Bertz CT molecular complexity index is 624. The third-order valence-electron chi connectivity index (χ3n) is 3.12. The Labute approximate surface area is 115 Å². The van der Waals surface area contributed by atoms with E-state index in [0.717, 1.165) is 6.42 Å². The highest BCUT2D eigenvalue weighted by Gasteiger charge is 2.00. The summed E-state index contributed by atoms with van der Waals surface area (Å²) in [4.78, 5) is 0. The lowest BCUT2D eigenvalue weighted by atomic mass is 9.99. The van der Waals surface area contributed by atoms with Crippen molar-refractivity contribution in [3.8, 4) is 0 Å². The second-order valence-corrected chi connectivity index (χ2v) is 4.30. The molecule has 0 heterocycles. The van der Waals surface area contributed by atoms with Crippen molar-refractivity contribution in [3.63, 3.8) is 0 Å². The molecule has 0 saturated carbocycles. The van der Waals surface area contributed by atoms with Gasteiger partial charge >= 0.3 is 0 Å². The molecule has 0 radical (unpaired) electrons. The minimum absolute atomic E-state index is 0. The van der Waals surface area contributed by atoms with E-state index >= 15 is 0 Å². The van der Waals surface area contributed by atoms with E-state index in [9.17, 15) is 0 Å². The smallest absolute Gasteiger partial charge is 0.00196 e. The Hall–Kier alpha value is -2.12. The lowest BCUT2D eigenvalue weighted by Crippen LogP contribution is -1.89. The molecule has 0 bridgehead atoms. The Morgan fingerprint density at radius 3 is 2.05 bits per heavy atom. The van der Waals surface area contributed by atoms with Gasteiger partial charge in [0.05, 0.1) is 0 Å². The fraction of sp³-hybridized carbons (Fsp3) is 0.111. The number of hydrogen-bond acceptors (Lipinski definition) is 1. The van der Waals surface area contributed by atoms with E-state index in [1.54, 1.807) is 0 Å². The largest absolute Gasteiger partial charge is 0.344 e. The fourth-order valence-corrected chi connectivity index (χ4v) is 2.26. The molecule has 0 amide bonds. The van der Waals surface area contributed by atoms with Crippen LogP contribution in [0.15, 0.2) is 72.8 Å². The maximum absolute atomic E-state index is 2.22. The molecule has 98 valence electrons. The van der Waals surface area contributed by atoms with Crippen molar-refractivity contribution in [2.24, 2.45) is 0 Å². The van der Waals surface area contributed by atoms with Gasteiger partial charge in [-0.1, -0.05) is 80.2 Å². The second kappa shape index (κ2) is 6.72. The van der Waals surface area contributed by atoms with Crippen LogP contribution in [-0.2, 0) is 6.42 Å². The summed E-state index contributed by atoms with van der Waals surface area (Å²) >= 11 is 0. The van der Waals surface area contributed by atoms with Crippen molar-refractivity contribution in [1.29, 1.82) is 0 Å². The standard InChI is InChI=1S/C17H14.CH4.H3N/c1-2-7-14(8-3-1)13-16-11-6-10-15-9-4-5-12-17(15)16;;/h1-12H,13H2;1H4;1H3. The summed E-state index contributed by atoms with van der Waals surface area (Å²) < 4.78 is 0. The zero-order chi connectivity index (χ0) is 11.5. The van der Waals surface area contributed by atoms with Gasteiger partial charge in [-0.15, -0.1) is 0 Å². The molecule has 0 unspecified atom stereocenters. The van der Waals surface area contributed by atoms with Crippen molar-refractivity contribution in [2.45, 2.75) is 13.8 Å². The van der Waals surface area contributed by atoms with E-state index in [1.807, 2.05) is 0 Å². The van der Waals surface area contributed by atoms with Gasteiger partial charge in [-0.3, -0.25) is 0 Å². The van der Waals surface area contributed by atoms with Crippen molar-refractivity contribution < 1.29 is 0 Å². The zero-order valence-corrected chi connectivity index (χ0v) is 10.3. The molecule has 3 aromatic carbocycles. The predicted molar refractivity (Wildman–Crippen MR) is 84.9 cm³/mol. The van der Waals surface area contributed by atoms with Crippen LogP contribution in [-0.4, -0.2) is 0 Å². The molecular weight excluding hydrogens is 230 g/mol. The molecule has 0 aliphatic carbocycles. The summed E-state index contributed by atoms with van der Waals surface area (Å²) in [5, 5.41) is 2.68. The first-order valence-corrected chi connectivity index (χ1v) is 5.94. The molecule has 3 N–H and O–H groups in total. The third kappa shape index (κ3) is 3.21. The monoisotopic (exact) mass is 251 g/mol. The van der Waals surface area contributed by atoms with Gasteiger partial charge in [0.2, 0.25) is 0 Å². The van der Waals surface area contributed by atoms with E-state index in [-0.39, 0.29) is 13.6 Å². The van der Waals surface area contributed by atoms with Crippen LogP contribution < -0.4 is 6.15 Å². The van der Waals surface area contributed by atoms with E-state index in [0.29, 0.717) is 0 Å². The topological polar surface area (TPSA) is 35.0 Å². The van der Waals surface area contributed by atoms with E-state index < -0.39 is 0 Å². The quantitative estimate of drug-likeness (QED) is 0.665. The number of benzene rings is 3. The van der Waals surface area contributed by atoms with Gasteiger partial charge in [0.15, 0.2) is 0 Å². The molecule has 3 aromatic rings. The molecule has 0 aromatic heterocycles. The normalized spacial score (nSPS) is 9.47. The number of fused-ring (bicyclic) bond motifs is 1. The van der Waals surface area contributed by atoms with Gasteiger partial charge in [-0.25, -0.2) is 0 Å². The Morgan fingerprint density at radius 1 is 0.632 bits per heavy atom. The highest BCUT2D eigenvalue weighted by molar-refractivity contribution is 5.85. The minimum Gasteiger partial charge on any atom is -0.344 e. The molecule has 0 fully saturated rings. The van der Waals surface area contributed by atoms with E-state index in [1.165, 1.54) is 21.9 Å². The Balaban J connectivity index is 0.000000902. The summed E-state index contributed by atoms with van der Waals surface area (Å²) in [7, 11) is 0. The van der Waals surface area contributed by atoms with Crippen LogP contribution in [0.5, 0.6) is 0 Å². The van der Waals surface area contributed by atoms with Crippen LogP contribution in [0, 0.1) is 0 Å². The van der Waals surface area contributed by atoms with Gasteiger partial charge < -0.3 is 6.15 Å². The molecule has 3 rings (SSSR count). The summed E-state index contributed by atoms with van der Waals surface area (Å²) in [6.07, 6.45) is 1.00. The Kier molecular flexibility index (Phi) is 5.28. The second-order valence-electron chi connectivity index (χ2n) is 4.30. The molecule has 1 heteroatoms. The molecule has 0 atom stereocenters. The van der Waals surface area contributed by atoms with Crippen molar-refractivity contribution in [1.82, 2.24) is 6.15 Å². The highest BCUT2D eigenvalue weighted by Crippen LogP contribution is 2.21. The van der Waals surface area contributed by atoms with Crippen LogP contribution in [0.4, 0.5) is 0 Å². The highest BCUT2D eigenvalue weighted by atomic mass is 14.0. The molecule has 0 saturated heterocycles. The summed E-state index contributed by atoms with van der Waals surface area (Å²) in [5.41, 5.74) is 2.76. The molecule has 0 spiro atoms. The summed E-state index contributed by atoms with van der Waals surface area (Å²) in [5.74, 6) is 0. The van der Waals surface area contributed by atoms with E-state index in [4.69, 9.17) is 0 Å². The van der Waals surface area contributed by atoms with E-state index in [2.05, 4.69) is 72.8 Å². The minimum atomic E-state index is 0. The SMILES string of the molecule is C.N.c1ccc(Cc2cccc3ccccc23)cc1. The van der Waals surface area contributed by atoms with Gasteiger partial charge in [-0.05, 0) is 28.3 Å². The molecular formula is C18H21N. The Morgan fingerprint density at radius 2 is 1.26 bits per heavy atom. The zero-order valence-electron chi connectivity index (χ0n) is 10.3. The maximum Gasteiger partial charge on any atom is -0.00196 e. The molecule has 1 nitrogen and oxygen atoms in total. The maximum atomic E-state index is 2.22. The van der Waals surface area contributed by atoms with Crippen LogP contribution in [0.2, 0.25) is 0 Å². The van der Waals surface area contributed by atoms with Crippen LogP contribution >= 0.6 is 0 Å². The van der Waals surface area contributed by atoms with Crippen molar-refractivity contribution >= 4 is 10.8 Å². The number of hydrogen-bond donors (Lipinski definition) is 1. The van der Waals surface area contributed by atoms with Crippen molar-refractivity contribution in [2.75, 3.05) is 0 Å². The van der Waals surface area contributed by atoms with Gasteiger partial charge in [0.1, 0.15) is 0 Å². The lowest BCUT2D eigenvalue weighted by molar-refractivity contribution is 1.21. The number of rotatable bonds is 2. The molecule has 0 aliphatic heterocycles. The first kappa shape index (κ1) is 14.9. The average molecular weight is 251 g/mol.